The molecule has 4 aromatic rings. The Bertz CT molecular complexity index is 1360. The maximum atomic E-state index is 12.8. The van der Waals surface area contributed by atoms with Gasteiger partial charge in [0, 0.05) is 6.54 Å². The molecule has 1 heterocycles. The van der Waals surface area contributed by atoms with Gasteiger partial charge in [0.25, 0.3) is 0 Å². The highest BCUT2D eigenvalue weighted by Gasteiger charge is 2.17. The fraction of sp³-hybridized carbons (Fsp3) is 0.174. The summed E-state index contributed by atoms with van der Waals surface area (Å²) in [5, 5.41) is 0. The summed E-state index contributed by atoms with van der Waals surface area (Å²) in [6.45, 7) is 3.03. The monoisotopic (exact) mass is 454 g/mol. The molecule has 6 nitrogen and oxygen atoms in total. The number of hydrogen-bond donors (Lipinski definition) is 1. The fourth-order valence-corrected chi connectivity index (χ4v) is 5.35. The van der Waals surface area contributed by atoms with Gasteiger partial charge in [-0.25, -0.2) is 13.1 Å². The number of hydrogen-bond acceptors (Lipinski definition) is 5. The summed E-state index contributed by atoms with van der Waals surface area (Å²) < 4.78 is 36.0. The summed E-state index contributed by atoms with van der Waals surface area (Å²) >= 11 is 1.05. The zero-order valence-electron chi connectivity index (χ0n) is 16.9. The van der Waals surface area contributed by atoms with Crippen molar-refractivity contribution >= 4 is 31.6 Å². The zero-order chi connectivity index (χ0) is 21.8. The van der Waals surface area contributed by atoms with Gasteiger partial charge in [0.05, 0.1) is 28.3 Å². The van der Waals surface area contributed by atoms with Crippen molar-refractivity contribution in [1.29, 1.82) is 0 Å². The largest absolute Gasteiger partial charge is 0.494 e. The molecule has 1 N–H and O–H groups in total. The summed E-state index contributed by atoms with van der Waals surface area (Å²) in [6, 6.07) is 21.8. The first-order valence-electron chi connectivity index (χ1n) is 9.85. The molecule has 0 saturated heterocycles. The Morgan fingerprint density at radius 2 is 1.74 bits per heavy atom. The summed E-state index contributed by atoms with van der Waals surface area (Å²) in [5.41, 5.74) is 2.54. The number of ether oxygens (including phenoxy) is 1. The van der Waals surface area contributed by atoms with Crippen molar-refractivity contribution in [2.24, 2.45) is 0 Å². The van der Waals surface area contributed by atoms with E-state index in [9.17, 15) is 13.2 Å². The van der Waals surface area contributed by atoms with Crippen LogP contribution in [-0.4, -0.2) is 19.6 Å². The third-order valence-corrected chi connectivity index (χ3v) is 7.15. The Morgan fingerprint density at radius 1 is 0.968 bits per heavy atom. The smallest absolute Gasteiger partial charge is 0.308 e. The molecule has 0 unspecified atom stereocenters. The topological polar surface area (TPSA) is 77.4 Å². The molecule has 0 spiro atoms. The number of rotatable bonds is 8. The van der Waals surface area contributed by atoms with E-state index in [-0.39, 0.29) is 16.3 Å². The van der Waals surface area contributed by atoms with Crippen LogP contribution in [0.25, 0.3) is 10.2 Å². The van der Waals surface area contributed by atoms with Crippen LogP contribution in [0.1, 0.15) is 18.1 Å². The van der Waals surface area contributed by atoms with Crippen LogP contribution in [-0.2, 0) is 23.1 Å². The van der Waals surface area contributed by atoms with E-state index in [1.54, 1.807) is 16.7 Å². The van der Waals surface area contributed by atoms with Gasteiger partial charge in [0.15, 0.2) is 0 Å². The maximum Gasteiger partial charge on any atom is 0.308 e. The lowest BCUT2D eigenvalue weighted by atomic mass is 10.2. The van der Waals surface area contributed by atoms with Crippen molar-refractivity contribution in [3.05, 3.63) is 93.6 Å². The molecule has 0 saturated carbocycles. The van der Waals surface area contributed by atoms with Crippen LogP contribution in [0.4, 0.5) is 0 Å². The standard InChI is InChI=1S/C23H22N2O4S2/c1-2-29-19-10-6-9-18(13-19)15-24-31(27,28)20-11-12-21-22(14-20)30-23(26)25(21)16-17-7-4-3-5-8-17/h3-14,24H,2,15-16H2,1H3. The van der Waals surface area contributed by atoms with Gasteiger partial charge in [0.1, 0.15) is 5.75 Å². The minimum Gasteiger partial charge on any atom is -0.494 e. The van der Waals surface area contributed by atoms with E-state index in [4.69, 9.17) is 4.74 Å². The molecule has 160 valence electrons. The normalized spacial score (nSPS) is 11.6. The van der Waals surface area contributed by atoms with Crippen molar-refractivity contribution < 1.29 is 13.2 Å². The highest BCUT2D eigenvalue weighted by atomic mass is 32.2. The van der Waals surface area contributed by atoms with Crippen LogP contribution in [0.15, 0.2) is 82.5 Å². The number of sulfonamides is 1. The lowest BCUT2D eigenvalue weighted by Gasteiger charge is -2.09. The van der Waals surface area contributed by atoms with Crippen molar-refractivity contribution in [2.75, 3.05) is 6.61 Å². The highest BCUT2D eigenvalue weighted by molar-refractivity contribution is 7.89. The van der Waals surface area contributed by atoms with Crippen molar-refractivity contribution in [3.63, 3.8) is 0 Å². The van der Waals surface area contributed by atoms with Crippen LogP contribution in [0, 0.1) is 0 Å². The third-order valence-electron chi connectivity index (χ3n) is 4.81. The predicted octanol–water partition coefficient (Wildman–Crippen LogP) is 3.99. The quantitative estimate of drug-likeness (QED) is 0.437. The van der Waals surface area contributed by atoms with Gasteiger partial charge in [-0.3, -0.25) is 9.36 Å². The van der Waals surface area contributed by atoms with Crippen molar-refractivity contribution in [1.82, 2.24) is 9.29 Å². The molecule has 4 rings (SSSR count). The Morgan fingerprint density at radius 3 is 2.52 bits per heavy atom. The molecule has 3 aromatic carbocycles. The number of nitrogens with zero attached hydrogens (tertiary/aromatic N) is 1. The molecule has 0 amide bonds. The molecule has 0 aliphatic carbocycles. The Kier molecular flexibility index (Phi) is 6.22. The first-order valence-corrected chi connectivity index (χ1v) is 12.1. The zero-order valence-corrected chi connectivity index (χ0v) is 18.6. The maximum absolute atomic E-state index is 12.8. The number of fused-ring (bicyclic) bond motifs is 1. The van der Waals surface area contributed by atoms with E-state index in [2.05, 4.69) is 4.72 Å². The minimum atomic E-state index is -3.73. The SMILES string of the molecule is CCOc1cccc(CNS(=O)(=O)c2ccc3c(c2)sc(=O)n3Cc2ccccc2)c1. The molecule has 8 heteroatoms. The van der Waals surface area contributed by atoms with Gasteiger partial charge in [-0.15, -0.1) is 0 Å². The van der Waals surface area contributed by atoms with Crippen LogP contribution in [0.3, 0.4) is 0 Å². The summed E-state index contributed by atoms with van der Waals surface area (Å²) in [7, 11) is -3.73. The number of aromatic nitrogens is 1. The van der Waals surface area contributed by atoms with E-state index in [0.717, 1.165) is 28.0 Å². The lowest BCUT2D eigenvalue weighted by Crippen LogP contribution is -2.23. The predicted molar refractivity (Wildman–Crippen MR) is 123 cm³/mol. The average Bonchev–Trinajstić information content (AvgIpc) is 3.08. The van der Waals surface area contributed by atoms with Gasteiger partial charge in [0.2, 0.25) is 10.0 Å². The summed E-state index contributed by atoms with van der Waals surface area (Å²) in [4.78, 5) is 12.5. The second kappa shape index (κ2) is 9.05. The fourth-order valence-electron chi connectivity index (χ4n) is 3.30. The Balaban J connectivity index is 1.56. The summed E-state index contributed by atoms with van der Waals surface area (Å²) in [6.07, 6.45) is 0. The molecule has 0 atom stereocenters. The molecular weight excluding hydrogens is 432 g/mol. The molecule has 0 fully saturated rings. The van der Waals surface area contributed by atoms with E-state index in [0.29, 0.717) is 23.6 Å². The highest BCUT2D eigenvalue weighted by Crippen LogP contribution is 2.23. The molecular formula is C23H22N2O4S2. The minimum absolute atomic E-state index is 0.117. The molecule has 31 heavy (non-hydrogen) atoms. The van der Waals surface area contributed by atoms with Crippen LogP contribution in [0.2, 0.25) is 0 Å². The first-order chi connectivity index (χ1) is 15.0. The van der Waals surface area contributed by atoms with Gasteiger partial charge in [-0.1, -0.05) is 53.8 Å². The number of thiazole rings is 1. The Hall–Kier alpha value is -2.94. The Labute approximate surface area is 184 Å². The van der Waals surface area contributed by atoms with Gasteiger partial charge in [-0.2, -0.15) is 0 Å². The lowest BCUT2D eigenvalue weighted by molar-refractivity contribution is 0.340. The van der Waals surface area contributed by atoms with Crippen molar-refractivity contribution in [3.8, 4) is 5.75 Å². The molecule has 0 radical (unpaired) electrons. The third kappa shape index (κ3) is 4.87. The van der Waals surface area contributed by atoms with E-state index in [1.807, 2.05) is 61.5 Å². The van der Waals surface area contributed by atoms with E-state index < -0.39 is 10.0 Å². The van der Waals surface area contributed by atoms with Crippen LogP contribution in [0.5, 0.6) is 5.75 Å². The van der Waals surface area contributed by atoms with Gasteiger partial charge in [-0.05, 0) is 48.4 Å². The first kappa shape index (κ1) is 21.3. The van der Waals surface area contributed by atoms with E-state index in [1.165, 1.54) is 6.07 Å². The van der Waals surface area contributed by atoms with E-state index >= 15 is 0 Å². The number of nitrogens with one attached hydrogen (secondary N) is 1. The van der Waals surface area contributed by atoms with Gasteiger partial charge >= 0.3 is 4.87 Å². The van der Waals surface area contributed by atoms with Crippen LogP contribution >= 0.6 is 11.3 Å². The second-order valence-electron chi connectivity index (χ2n) is 6.97. The molecule has 0 bridgehead atoms. The van der Waals surface area contributed by atoms with Crippen molar-refractivity contribution in [2.45, 2.75) is 24.9 Å². The second-order valence-corrected chi connectivity index (χ2v) is 9.73. The van der Waals surface area contributed by atoms with Gasteiger partial charge < -0.3 is 4.74 Å². The summed E-state index contributed by atoms with van der Waals surface area (Å²) in [5.74, 6) is 0.699. The molecule has 0 aliphatic heterocycles. The number of benzene rings is 3. The molecule has 1 aromatic heterocycles. The van der Waals surface area contributed by atoms with Crippen LogP contribution < -0.4 is 14.3 Å². The average molecular weight is 455 g/mol. The molecule has 0 aliphatic rings.